The molecular weight excluding hydrogens is 882 g/mol. The van der Waals surface area contributed by atoms with Crippen molar-refractivity contribution in [2.45, 2.75) is 166 Å². The van der Waals surface area contributed by atoms with Gasteiger partial charge in [0.1, 0.15) is 11.1 Å². The van der Waals surface area contributed by atoms with Gasteiger partial charge in [0.15, 0.2) is 11.5 Å². The molecule has 0 spiro atoms. The van der Waals surface area contributed by atoms with E-state index in [-0.39, 0.29) is 62.2 Å². The molecule has 1 unspecified atom stereocenters. The van der Waals surface area contributed by atoms with Gasteiger partial charge in [-0.15, -0.1) is 0 Å². The SMILES string of the molecule is CC(C)CCCC(C)[C@H]1CC[C@H]2[C@@H]3CC[C@H]4C[C@@H](CCC=C(c5cc(Cl)c(OC(=O)C(C)(C)C)c(C(=O)O)c5)c5cc(Cl)c(OC(=O)C(C)(C)C)c(C(=O)O)c5)CC[C@]4(C)[C@H]3CC[C@]12C.[Na]. The number of halogens is 2. The Balaban J connectivity index is 0.00000817. The first-order valence-electron chi connectivity index (χ1n) is 24.5. The number of esters is 2. The summed E-state index contributed by atoms with van der Waals surface area (Å²) in [6, 6.07) is 5.86. The number of benzene rings is 2. The molecule has 0 bridgehead atoms. The van der Waals surface area contributed by atoms with E-state index in [1.807, 2.05) is 6.08 Å². The summed E-state index contributed by atoms with van der Waals surface area (Å²) in [6.45, 7) is 22.5. The zero-order valence-corrected chi connectivity index (χ0v) is 45.5. The van der Waals surface area contributed by atoms with Crippen molar-refractivity contribution in [3.63, 3.8) is 0 Å². The predicted molar refractivity (Wildman–Crippen MR) is 266 cm³/mol. The molecule has 1 radical (unpaired) electrons. The summed E-state index contributed by atoms with van der Waals surface area (Å²) in [7, 11) is 0. The van der Waals surface area contributed by atoms with Gasteiger partial charge < -0.3 is 19.7 Å². The normalized spacial score (nSPS) is 27.7. The van der Waals surface area contributed by atoms with E-state index in [0.717, 1.165) is 48.3 Å². The smallest absolute Gasteiger partial charge is 0.339 e. The first-order chi connectivity index (χ1) is 30.3. The van der Waals surface area contributed by atoms with Crippen molar-refractivity contribution < 1.29 is 38.9 Å². The van der Waals surface area contributed by atoms with Crippen LogP contribution in [-0.2, 0) is 9.59 Å². The summed E-state index contributed by atoms with van der Waals surface area (Å²) in [5, 5.41) is 20.6. The summed E-state index contributed by atoms with van der Waals surface area (Å²) in [4.78, 5) is 51.3. The van der Waals surface area contributed by atoms with E-state index in [9.17, 15) is 29.4 Å². The number of allylic oxidation sites excluding steroid dienone is 1. The number of fused-ring (bicyclic) bond motifs is 5. The van der Waals surface area contributed by atoms with Crippen LogP contribution >= 0.6 is 23.2 Å². The maximum atomic E-state index is 12.9. The van der Waals surface area contributed by atoms with Crippen molar-refractivity contribution in [2.24, 2.45) is 69.0 Å². The number of carbonyl (C=O) groups excluding carboxylic acids is 2. The molecule has 0 aromatic heterocycles. The number of hydrogen-bond donors (Lipinski definition) is 2. The maximum Gasteiger partial charge on any atom is 0.339 e. The van der Waals surface area contributed by atoms with E-state index in [1.165, 1.54) is 94.9 Å². The Hall–Kier alpha value is -2.36. The van der Waals surface area contributed by atoms with E-state index in [2.05, 4.69) is 34.6 Å². The first kappa shape index (κ1) is 54.6. The molecule has 66 heavy (non-hydrogen) atoms. The minimum atomic E-state index is -1.35. The number of hydrogen-bond acceptors (Lipinski definition) is 6. The Bertz CT molecular complexity index is 2070. The second kappa shape index (κ2) is 21.3. The van der Waals surface area contributed by atoms with Crippen LogP contribution < -0.4 is 9.47 Å². The molecule has 4 aliphatic rings. The monoisotopic (exact) mass is 957 g/mol. The standard InChI is InChI=1S/C55H76Cl2O8.Na/c1-31(2)14-12-15-32(3)41-20-21-42-38-19-18-36-26-33(22-24-54(36,10)43(38)23-25-55(41,42)11)16-13-17-37(34-27-39(48(58)59)46(44(56)29-34)64-50(62)52(4,5)6)35-28-40(49(60)61)47(45(57)30-35)65-51(63)53(7,8)9;/h17,27-33,36,38,41-43H,12-16,18-26H2,1-11H3,(H,58,59)(H,60,61);/t32?,33-,36-,38-,41+,42-,43-,54-,55+;/m0./s1. The van der Waals surface area contributed by atoms with E-state index in [1.54, 1.807) is 41.5 Å². The molecule has 9 atom stereocenters. The predicted octanol–water partition coefficient (Wildman–Crippen LogP) is 14.9. The molecule has 0 aliphatic heterocycles. The second-order valence-corrected chi connectivity index (χ2v) is 24.4. The molecule has 0 amide bonds. The zero-order chi connectivity index (χ0) is 48.0. The Morgan fingerprint density at radius 2 is 1.24 bits per heavy atom. The number of carbonyl (C=O) groups is 4. The number of carboxylic acids is 2. The molecule has 6 rings (SSSR count). The minimum Gasteiger partial charge on any atom is -0.478 e. The fourth-order valence-corrected chi connectivity index (χ4v) is 13.5. The van der Waals surface area contributed by atoms with Gasteiger partial charge in [-0.1, -0.05) is 83.2 Å². The Labute approximate surface area is 427 Å². The van der Waals surface area contributed by atoms with Crippen LogP contribution in [0.1, 0.15) is 198 Å². The maximum absolute atomic E-state index is 12.9. The van der Waals surface area contributed by atoms with Crippen LogP contribution in [0.4, 0.5) is 0 Å². The van der Waals surface area contributed by atoms with Gasteiger partial charge in [-0.3, -0.25) is 9.59 Å². The molecule has 2 aromatic carbocycles. The van der Waals surface area contributed by atoms with Crippen LogP contribution in [-0.4, -0.2) is 63.6 Å². The van der Waals surface area contributed by atoms with Crippen LogP contribution in [0.2, 0.25) is 10.0 Å². The van der Waals surface area contributed by atoms with Crippen LogP contribution in [0.15, 0.2) is 30.3 Å². The van der Waals surface area contributed by atoms with Gasteiger partial charge in [-0.25, -0.2) is 9.59 Å². The number of ether oxygens (including phenoxy) is 2. The summed E-state index contributed by atoms with van der Waals surface area (Å²) >= 11 is 13.5. The Kier molecular flexibility index (Phi) is 17.6. The molecule has 0 saturated heterocycles. The largest absolute Gasteiger partial charge is 0.478 e. The second-order valence-electron chi connectivity index (χ2n) is 23.6. The Morgan fingerprint density at radius 1 is 0.727 bits per heavy atom. The molecule has 4 fully saturated rings. The molecule has 359 valence electrons. The van der Waals surface area contributed by atoms with Gasteiger partial charge in [0.2, 0.25) is 0 Å². The summed E-state index contributed by atoms with van der Waals surface area (Å²) in [6.07, 6.45) is 19.4. The number of aromatic carboxylic acids is 2. The summed E-state index contributed by atoms with van der Waals surface area (Å²) in [5.74, 6) is 1.59. The van der Waals surface area contributed by atoms with Gasteiger partial charge in [0.05, 0.1) is 20.9 Å². The quantitative estimate of drug-likeness (QED) is 0.109. The first-order valence-corrected chi connectivity index (χ1v) is 25.3. The average molecular weight is 959 g/mol. The average Bonchev–Trinajstić information content (AvgIpc) is 3.57. The van der Waals surface area contributed by atoms with E-state index < -0.39 is 34.7 Å². The fourth-order valence-electron chi connectivity index (χ4n) is 13.0. The van der Waals surface area contributed by atoms with Gasteiger partial charge in [0, 0.05) is 29.6 Å². The van der Waals surface area contributed by atoms with Crippen molar-refractivity contribution in [2.75, 3.05) is 0 Å². The van der Waals surface area contributed by atoms with Crippen LogP contribution in [0.3, 0.4) is 0 Å². The molecule has 2 N–H and O–H groups in total. The molecule has 8 nitrogen and oxygen atoms in total. The van der Waals surface area contributed by atoms with Crippen LogP contribution in [0, 0.1) is 69.0 Å². The van der Waals surface area contributed by atoms with Crippen molar-refractivity contribution >= 4 is 82.2 Å². The topological polar surface area (TPSA) is 127 Å². The number of rotatable bonds is 14. The van der Waals surface area contributed by atoms with Crippen LogP contribution in [0.5, 0.6) is 11.5 Å². The van der Waals surface area contributed by atoms with Gasteiger partial charge in [-0.2, -0.15) is 0 Å². The van der Waals surface area contributed by atoms with Crippen molar-refractivity contribution in [1.29, 1.82) is 0 Å². The summed E-state index contributed by atoms with van der Waals surface area (Å²) < 4.78 is 11.2. The zero-order valence-electron chi connectivity index (χ0n) is 42.0. The van der Waals surface area contributed by atoms with E-state index >= 15 is 0 Å². The minimum absolute atomic E-state index is 0. The van der Waals surface area contributed by atoms with Crippen LogP contribution in [0.25, 0.3) is 5.57 Å². The van der Waals surface area contributed by atoms with Gasteiger partial charge in [0.25, 0.3) is 0 Å². The third kappa shape index (κ3) is 11.6. The summed E-state index contributed by atoms with van der Waals surface area (Å²) in [5.41, 5.74) is -0.379. The molecule has 0 heterocycles. The van der Waals surface area contributed by atoms with E-state index in [4.69, 9.17) is 32.7 Å². The third-order valence-electron chi connectivity index (χ3n) is 16.7. The molecule has 2 aromatic rings. The molecular formula is C55H76Cl2NaO8. The molecule has 4 saturated carbocycles. The van der Waals surface area contributed by atoms with Crippen molar-refractivity contribution in [3.8, 4) is 11.5 Å². The molecule has 11 heteroatoms. The van der Waals surface area contributed by atoms with E-state index in [0.29, 0.717) is 45.8 Å². The number of carboxylic acid groups (broad SMARTS) is 2. The third-order valence-corrected chi connectivity index (χ3v) is 17.2. The van der Waals surface area contributed by atoms with Crippen molar-refractivity contribution in [3.05, 3.63) is 62.6 Å². The van der Waals surface area contributed by atoms with Gasteiger partial charge in [-0.05, 0) is 211 Å². The fraction of sp³-hybridized carbons (Fsp3) is 0.673. The Morgan fingerprint density at radius 3 is 1.74 bits per heavy atom. The van der Waals surface area contributed by atoms with Gasteiger partial charge >= 0.3 is 23.9 Å². The van der Waals surface area contributed by atoms with Crippen molar-refractivity contribution in [1.82, 2.24) is 0 Å². The molecule has 4 aliphatic carbocycles.